The number of halogens is 1. The molecule has 0 spiro atoms. The Balaban J connectivity index is 2.40. The molecule has 0 unspecified atom stereocenters. The van der Waals surface area contributed by atoms with E-state index in [4.69, 9.17) is 15.7 Å². The van der Waals surface area contributed by atoms with Crippen molar-refractivity contribution in [3.8, 4) is 0 Å². The summed E-state index contributed by atoms with van der Waals surface area (Å²) in [5.41, 5.74) is 6.13. The molecule has 0 saturated carbocycles. The van der Waals surface area contributed by atoms with Crippen LogP contribution in [-0.2, 0) is 0 Å². The number of nitrogens with zero attached hydrogens (tertiary/aromatic N) is 1. The molecule has 33 heavy (non-hydrogen) atoms. The molecule has 0 aliphatic heterocycles. The molecular formula is C29H36ClNSi2. The van der Waals surface area contributed by atoms with Crippen LogP contribution in [0.3, 0.4) is 0 Å². The van der Waals surface area contributed by atoms with E-state index in [-0.39, 0.29) is 0 Å². The van der Waals surface area contributed by atoms with Crippen LogP contribution < -0.4 is 0 Å². The Labute approximate surface area is 207 Å². The van der Waals surface area contributed by atoms with E-state index >= 15 is 0 Å². The highest BCUT2D eigenvalue weighted by atomic mass is 35.6. The molecule has 1 nitrogen and oxygen atoms in total. The minimum Gasteiger partial charge on any atom is -0.278 e. The normalized spacial score (nSPS) is 13.5. The summed E-state index contributed by atoms with van der Waals surface area (Å²) in [6.45, 7) is 16.2. The number of benzene rings is 3. The first-order chi connectivity index (χ1) is 15.6. The molecule has 0 N–H and O–H groups in total. The van der Waals surface area contributed by atoms with Gasteiger partial charge in [0.1, 0.15) is 0 Å². The molecule has 0 aliphatic carbocycles. The van der Waals surface area contributed by atoms with Crippen molar-refractivity contribution in [2.45, 2.75) is 59.2 Å². The summed E-state index contributed by atoms with van der Waals surface area (Å²) >= 11 is 7.42. The standard InChI is InChI=1S/C29H36ClNSi2/c1-21(2)25-19-14-20-26(22(3)4)27(25)31-32(30)28(23-15-10-8-11-16-23)29(33(5,6)7)24-17-12-9-13-18-24/h8-22H,1-7H3/b29-28-,32-31?. The maximum absolute atomic E-state index is 7.42. The fourth-order valence-corrected chi connectivity index (χ4v) is 10.2. The second-order valence-corrected chi connectivity index (χ2v) is 17.6. The first kappa shape index (κ1) is 25.5. The third kappa shape index (κ3) is 6.08. The molecule has 0 amide bonds. The molecule has 3 aromatic carbocycles. The van der Waals surface area contributed by atoms with Crippen LogP contribution >= 0.6 is 11.1 Å². The zero-order valence-corrected chi connectivity index (χ0v) is 23.7. The van der Waals surface area contributed by atoms with Gasteiger partial charge >= 0.3 is 0 Å². The molecule has 0 atom stereocenters. The Morgan fingerprint density at radius 3 is 1.58 bits per heavy atom. The average Bonchev–Trinajstić information content (AvgIpc) is 2.77. The van der Waals surface area contributed by atoms with Crippen molar-refractivity contribution < 1.29 is 0 Å². The van der Waals surface area contributed by atoms with E-state index in [1.54, 1.807) is 0 Å². The van der Waals surface area contributed by atoms with Crippen molar-refractivity contribution in [1.29, 1.82) is 0 Å². The molecular weight excluding hydrogens is 454 g/mol. The zero-order valence-electron chi connectivity index (χ0n) is 21.0. The van der Waals surface area contributed by atoms with Gasteiger partial charge in [-0.2, -0.15) is 0 Å². The highest BCUT2D eigenvalue weighted by molar-refractivity contribution is 7.14. The molecule has 0 bridgehead atoms. The van der Waals surface area contributed by atoms with Crippen LogP contribution in [0.1, 0.15) is 61.8 Å². The Hall–Kier alpha value is -2.08. The van der Waals surface area contributed by atoms with E-state index in [0.717, 1.165) is 5.69 Å². The number of rotatable bonds is 7. The number of hydrogen-bond acceptors (Lipinski definition) is 1. The first-order valence-electron chi connectivity index (χ1n) is 11.8. The van der Waals surface area contributed by atoms with Gasteiger partial charge in [0.05, 0.1) is 13.8 Å². The van der Waals surface area contributed by atoms with Gasteiger partial charge in [-0.3, -0.25) is 4.63 Å². The Bertz CT molecular complexity index is 1110. The van der Waals surface area contributed by atoms with E-state index in [1.807, 2.05) is 0 Å². The molecule has 0 heterocycles. The van der Waals surface area contributed by atoms with Gasteiger partial charge < -0.3 is 0 Å². The van der Waals surface area contributed by atoms with Crippen molar-refractivity contribution in [2.24, 2.45) is 4.63 Å². The maximum atomic E-state index is 7.42. The summed E-state index contributed by atoms with van der Waals surface area (Å²) in [5.74, 6) is 0.785. The zero-order chi connectivity index (χ0) is 24.2. The predicted molar refractivity (Wildman–Crippen MR) is 151 cm³/mol. The molecule has 0 radical (unpaired) electrons. The Morgan fingerprint density at radius 1 is 0.697 bits per heavy atom. The largest absolute Gasteiger partial charge is 0.278 e. The van der Waals surface area contributed by atoms with Crippen molar-refractivity contribution in [3.05, 3.63) is 101 Å². The fourth-order valence-electron chi connectivity index (χ4n) is 4.32. The van der Waals surface area contributed by atoms with Gasteiger partial charge in [-0.05, 0) is 44.5 Å². The summed E-state index contributed by atoms with van der Waals surface area (Å²) < 4.78 is 5.37. The van der Waals surface area contributed by atoms with Gasteiger partial charge in [-0.25, -0.2) is 0 Å². The lowest BCUT2D eigenvalue weighted by molar-refractivity contribution is 0.835. The third-order valence-electron chi connectivity index (χ3n) is 5.88. The lowest BCUT2D eigenvalue weighted by Crippen LogP contribution is -2.25. The van der Waals surface area contributed by atoms with Crippen LogP contribution in [0.15, 0.2) is 83.5 Å². The average molecular weight is 490 g/mol. The Kier molecular flexibility index (Phi) is 8.44. The van der Waals surface area contributed by atoms with Crippen molar-refractivity contribution in [1.82, 2.24) is 0 Å². The van der Waals surface area contributed by atoms with E-state index in [1.165, 1.54) is 32.6 Å². The minimum absolute atomic E-state index is 0.392. The second kappa shape index (κ2) is 10.9. The van der Waals surface area contributed by atoms with Crippen molar-refractivity contribution in [3.63, 3.8) is 0 Å². The quantitative estimate of drug-likeness (QED) is 0.178. The van der Waals surface area contributed by atoms with Gasteiger partial charge in [0.15, 0.2) is 0 Å². The Morgan fingerprint density at radius 2 is 1.15 bits per heavy atom. The SMILES string of the molecule is CC(C)c1cccc(C(C)C)c1N=[Si](Cl)/C(=C(/c1ccccc1)[Si](C)(C)C)c1ccccc1. The fraction of sp³-hybridized carbons (Fsp3) is 0.310. The summed E-state index contributed by atoms with van der Waals surface area (Å²) in [5, 5.41) is 2.65. The second-order valence-electron chi connectivity index (χ2n) is 10.2. The monoisotopic (exact) mass is 489 g/mol. The smallest absolute Gasteiger partial charge is 0.270 e. The van der Waals surface area contributed by atoms with Crippen LogP contribution in [0.5, 0.6) is 0 Å². The van der Waals surface area contributed by atoms with E-state index in [0.29, 0.717) is 11.8 Å². The highest BCUT2D eigenvalue weighted by Gasteiger charge is 2.28. The van der Waals surface area contributed by atoms with Crippen molar-refractivity contribution in [2.75, 3.05) is 0 Å². The molecule has 0 aromatic heterocycles. The lowest BCUT2D eigenvalue weighted by Gasteiger charge is -2.26. The summed E-state index contributed by atoms with van der Waals surface area (Å²) in [6.07, 6.45) is 0. The van der Waals surface area contributed by atoms with Crippen LogP contribution in [-0.4, -0.2) is 16.0 Å². The van der Waals surface area contributed by atoms with Crippen LogP contribution in [0.2, 0.25) is 19.6 Å². The third-order valence-corrected chi connectivity index (χ3v) is 10.4. The van der Waals surface area contributed by atoms with E-state index < -0.39 is 16.0 Å². The molecule has 3 aromatic rings. The predicted octanol–water partition coefficient (Wildman–Crippen LogP) is 9.59. The molecule has 0 aliphatic rings. The van der Waals surface area contributed by atoms with Crippen molar-refractivity contribution >= 4 is 43.1 Å². The molecule has 0 fully saturated rings. The molecule has 172 valence electrons. The van der Waals surface area contributed by atoms with E-state index in [9.17, 15) is 0 Å². The number of hydrogen-bond donors (Lipinski definition) is 0. The first-order valence-corrected chi connectivity index (χ1v) is 17.8. The van der Waals surface area contributed by atoms with E-state index in [2.05, 4.69) is 126 Å². The van der Waals surface area contributed by atoms with Crippen LogP contribution in [0.4, 0.5) is 5.69 Å². The molecule has 4 heteroatoms. The van der Waals surface area contributed by atoms with Crippen LogP contribution in [0, 0.1) is 0 Å². The van der Waals surface area contributed by atoms with Gasteiger partial charge in [0, 0.05) is 0 Å². The summed E-state index contributed by atoms with van der Waals surface area (Å²) in [6, 6.07) is 28.0. The maximum Gasteiger partial charge on any atom is 0.270 e. The highest BCUT2D eigenvalue weighted by Crippen LogP contribution is 2.39. The van der Waals surface area contributed by atoms with Gasteiger partial charge in [0.25, 0.3) is 7.90 Å². The van der Waals surface area contributed by atoms with Gasteiger partial charge in [0.2, 0.25) is 0 Å². The van der Waals surface area contributed by atoms with Crippen LogP contribution in [0.25, 0.3) is 10.4 Å². The van der Waals surface area contributed by atoms with Gasteiger partial charge in [-0.15, -0.1) is 11.1 Å². The molecule has 0 saturated heterocycles. The lowest BCUT2D eigenvalue weighted by atomic mass is 9.93. The summed E-state index contributed by atoms with van der Waals surface area (Å²) in [7, 11) is -3.52. The van der Waals surface area contributed by atoms with Gasteiger partial charge in [-0.1, -0.05) is 126 Å². The topological polar surface area (TPSA) is 12.4 Å². The minimum atomic E-state index is -1.76. The summed E-state index contributed by atoms with van der Waals surface area (Å²) in [4.78, 5) is 0. The molecule has 3 rings (SSSR count).